The molecule has 1 aromatic rings. The molecule has 1 N–H and O–H groups in total. The molecule has 0 spiro atoms. The summed E-state index contributed by atoms with van der Waals surface area (Å²) in [5, 5.41) is 2.73. The van der Waals surface area contributed by atoms with Crippen LogP contribution in [0.2, 0.25) is 0 Å². The maximum absolute atomic E-state index is 10.9. The van der Waals surface area contributed by atoms with Gasteiger partial charge in [-0.15, -0.1) is 0 Å². The number of anilines is 1. The van der Waals surface area contributed by atoms with Gasteiger partial charge >= 0.3 is 0 Å². The van der Waals surface area contributed by atoms with E-state index in [9.17, 15) is 4.79 Å². The van der Waals surface area contributed by atoms with Crippen LogP contribution in [0.1, 0.15) is 32.8 Å². The minimum atomic E-state index is -0.0729. The molecule has 0 aliphatic carbocycles. The normalized spacial score (nSPS) is 22.9. The smallest absolute Gasteiger partial charge is 0.221 e. The van der Waals surface area contributed by atoms with Crippen LogP contribution in [0.4, 0.5) is 5.69 Å². The Bertz CT molecular complexity index is 465. The number of nitrogens with zero attached hydrogens (tertiary/aromatic N) is 1. The van der Waals surface area contributed by atoms with Crippen LogP contribution in [-0.4, -0.2) is 24.0 Å². The average molecular weight is 246 g/mol. The lowest BCUT2D eigenvalue weighted by atomic mass is 10.1. The summed E-state index contributed by atoms with van der Waals surface area (Å²) < 4.78 is 5.73. The zero-order valence-corrected chi connectivity index (χ0v) is 10.9. The second-order valence-electron chi connectivity index (χ2n) is 4.71. The largest absolute Gasteiger partial charge is 0.474 e. The van der Waals surface area contributed by atoms with Crippen LogP contribution in [0.15, 0.2) is 29.3 Å². The van der Waals surface area contributed by atoms with E-state index in [0.29, 0.717) is 11.9 Å². The van der Waals surface area contributed by atoms with Gasteiger partial charge in [0.15, 0.2) is 0 Å². The predicted molar refractivity (Wildman–Crippen MR) is 71.9 cm³/mol. The first-order valence-corrected chi connectivity index (χ1v) is 6.17. The molecular weight excluding hydrogens is 228 g/mol. The number of hydrogen-bond donors (Lipinski definition) is 1. The summed E-state index contributed by atoms with van der Waals surface area (Å²) in [6.45, 7) is 5.63. The zero-order valence-electron chi connectivity index (χ0n) is 10.9. The number of carbonyl (C=O) groups excluding carboxylic acids is 1. The molecule has 1 amide bonds. The van der Waals surface area contributed by atoms with Gasteiger partial charge < -0.3 is 10.1 Å². The summed E-state index contributed by atoms with van der Waals surface area (Å²) in [4.78, 5) is 15.4. The number of amides is 1. The molecule has 1 aliphatic rings. The Hall–Kier alpha value is -1.84. The number of benzene rings is 1. The Morgan fingerprint density at radius 2 is 2.00 bits per heavy atom. The Morgan fingerprint density at radius 1 is 1.33 bits per heavy atom. The lowest BCUT2D eigenvalue weighted by Crippen LogP contribution is -2.26. The van der Waals surface area contributed by atoms with Crippen LogP contribution >= 0.6 is 0 Å². The third kappa shape index (κ3) is 3.09. The lowest BCUT2D eigenvalue weighted by Gasteiger charge is -2.24. The summed E-state index contributed by atoms with van der Waals surface area (Å²) in [5.74, 6) is 0.617. The van der Waals surface area contributed by atoms with Crippen LogP contribution in [0, 0.1) is 0 Å². The topological polar surface area (TPSA) is 50.7 Å². The van der Waals surface area contributed by atoms with Gasteiger partial charge in [0, 0.05) is 24.6 Å². The fraction of sp³-hybridized carbons (Fsp3) is 0.429. The number of carbonyl (C=O) groups is 1. The molecule has 0 unspecified atom stereocenters. The van der Waals surface area contributed by atoms with Crippen molar-refractivity contribution in [1.82, 2.24) is 0 Å². The van der Waals surface area contributed by atoms with E-state index >= 15 is 0 Å². The first-order valence-electron chi connectivity index (χ1n) is 6.17. The summed E-state index contributed by atoms with van der Waals surface area (Å²) in [5.41, 5.74) is 1.73. The van der Waals surface area contributed by atoms with Crippen molar-refractivity contribution in [2.75, 3.05) is 5.32 Å². The molecule has 1 heterocycles. The molecule has 0 bridgehead atoms. The van der Waals surface area contributed by atoms with Gasteiger partial charge in [-0.3, -0.25) is 4.79 Å². The number of nitrogens with one attached hydrogen (secondary N) is 1. The first-order chi connectivity index (χ1) is 8.54. The summed E-state index contributed by atoms with van der Waals surface area (Å²) >= 11 is 0. The van der Waals surface area contributed by atoms with Gasteiger partial charge in [0.05, 0.1) is 12.1 Å². The second kappa shape index (κ2) is 5.21. The van der Waals surface area contributed by atoms with Crippen molar-refractivity contribution < 1.29 is 9.53 Å². The zero-order chi connectivity index (χ0) is 13.1. The third-order valence-electron chi connectivity index (χ3n) is 2.78. The molecule has 4 nitrogen and oxygen atoms in total. The standard InChI is InChI=1S/C14H18N2O2/c1-9-8-10(2)18-14(15-9)12-4-6-13(7-5-12)16-11(3)17/h4-7,9-10H,8H2,1-3H3,(H,16,17)/t9-,10-/m1/s1. The van der Waals surface area contributed by atoms with Gasteiger partial charge in [-0.2, -0.15) is 0 Å². The molecule has 0 saturated carbocycles. The van der Waals surface area contributed by atoms with Crippen molar-refractivity contribution >= 4 is 17.5 Å². The van der Waals surface area contributed by atoms with Gasteiger partial charge in [0.1, 0.15) is 0 Å². The molecule has 1 aliphatic heterocycles. The van der Waals surface area contributed by atoms with Crippen molar-refractivity contribution in [3.05, 3.63) is 29.8 Å². The van der Waals surface area contributed by atoms with E-state index in [0.717, 1.165) is 17.7 Å². The fourth-order valence-corrected chi connectivity index (χ4v) is 2.04. The molecule has 0 fully saturated rings. The Labute approximate surface area is 107 Å². The van der Waals surface area contributed by atoms with E-state index in [-0.39, 0.29) is 12.0 Å². The second-order valence-corrected chi connectivity index (χ2v) is 4.71. The fourth-order valence-electron chi connectivity index (χ4n) is 2.04. The molecule has 0 radical (unpaired) electrons. The highest BCUT2D eigenvalue weighted by molar-refractivity contribution is 5.95. The average Bonchev–Trinajstić information content (AvgIpc) is 2.27. The SMILES string of the molecule is CC(=O)Nc1ccc(C2=N[C@H](C)C[C@@H](C)O2)cc1. The van der Waals surface area contributed by atoms with Crippen LogP contribution in [0.5, 0.6) is 0 Å². The van der Waals surface area contributed by atoms with Gasteiger partial charge in [-0.1, -0.05) is 0 Å². The summed E-state index contributed by atoms with van der Waals surface area (Å²) in [6.07, 6.45) is 1.15. The highest BCUT2D eigenvalue weighted by atomic mass is 16.5. The van der Waals surface area contributed by atoms with E-state index in [1.54, 1.807) is 0 Å². The summed E-state index contributed by atoms with van der Waals surface area (Å²) in [7, 11) is 0. The Kier molecular flexibility index (Phi) is 3.65. The first kappa shape index (κ1) is 12.6. The van der Waals surface area contributed by atoms with Crippen molar-refractivity contribution in [3.8, 4) is 0 Å². The van der Waals surface area contributed by atoms with Crippen molar-refractivity contribution in [1.29, 1.82) is 0 Å². The van der Waals surface area contributed by atoms with E-state index in [1.165, 1.54) is 6.92 Å². The molecule has 0 saturated heterocycles. The van der Waals surface area contributed by atoms with Crippen LogP contribution in [0.3, 0.4) is 0 Å². The molecule has 2 rings (SSSR count). The van der Waals surface area contributed by atoms with E-state index in [4.69, 9.17) is 4.74 Å². The Morgan fingerprint density at radius 3 is 2.56 bits per heavy atom. The van der Waals surface area contributed by atoms with Crippen molar-refractivity contribution in [2.24, 2.45) is 4.99 Å². The molecular formula is C14H18N2O2. The monoisotopic (exact) mass is 246 g/mol. The van der Waals surface area contributed by atoms with Gasteiger partial charge in [0.2, 0.25) is 11.8 Å². The molecule has 96 valence electrons. The van der Waals surface area contributed by atoms with Gasteiger partial charge in [-0.25, -0.2) is 4.99 Å². The quantitative estimate of drug-likeness (QED) is 0.872. The van der Waals surface area contributed by atoms with Gasteiger partial charge in [-0.05, 0) is 38.1 Å². The van der Waals surface area contributed by atoms with Gasteiger partial charge in [0.25, 0.3) is 0 Å². The summed E-state index contributed by atoms with van der Waals surface area (Å²) in [6, 6.07) is 7.82. The highest BCUT2D eigenvalue weighted by Gasteiger charge is 2.19. The van der Waals surface area contributed by atoms with Crippen molar-refractivity contribution in [2.45, 2.75) is 39.3 Å². The molecule has 18 heavy (non-hydrogen) atoms. The van der Waals surface area contributed by atoms with E-state index < -0.39 is 0 Å². The molecule has 2 atom stereocenters. The number of ether oxygens (including phenoxy) is 1. The lowest BCUT2D eigenvalue weighted by molar-refractivity contribution is -0.114. The molecule has 1 aromatic carbocycles. The van der Waals surface area contributed by atoms with E-state index in [1.807, 2.05) is 24.3 Å². The van der Waals surface area contributed by atoms with E-state index in [2.05, 4.69) is 24.2 Å². The maximum Gasteiger partial charge on any atom is 0.221 e. The number of rotatable bonds is 2. The number of hydrogen-bond acceptors (Lipinski definition) is 3. The minimum absolute atomic E-state index is 0.0729. The highest BCUT2D eigenvalue weighted by Crippen LogP contribution is 2.18. The minimum Gasteiger partial charge on any atom is -0.474 e. The van der Waals surface area contributed by atoms with Crippen LogP contribution < -0.4 is 5.32 Å². The molecule has 4 heteroatoms. The van der Waals surface area contributed by atoms with Crippen LogP contribution in [0.25, 0.3) is 0 Å². The predicted octanol–water partition coefficient (Wildman–Crippen LogP) is 2.59. The maximum atomic E-state index is 10.9. The Balaban J connectivity index is 2.16. The number of aliphatic imine (C=N–C) groups is 1. The third-order valence-corrected chi connectivity index (χ3v) is 2.78. The van der Waals surface area contributed by atoms with Crippen LogP contribution in [-0.2, 0) is 9.53 Å². The van der Waals surface area contributed by atoms with Crippen molar-refractivity contribution in [3.63, 3.8) is 0 Å². The molecule has 0 aromatic heterocycles.